The molecule has 2 heteroatoms. The fraction of sp³-hybridized carbons (Fsp3) is 0.250. The first-order chi connectivity index (χ1) is 10.4. The summed E-state index contributed by atoms with van der Waals surface area (Å²) in [7, 11) is 0. The maximum atomic E-state index is 12.9. The van der Waals surface area contributed by atoms with Gasteiger partial charge < -0.3 is 0 Å². The van der Waals surface area contributed by atoms with Crippen molar-refractivity contribution in [2.24, 2.45) is 0 Å². The molecule has 1 atom stereocenters. The van der Waals surface area contributed by atoms with Crippen molar-refractivity contribution in [2.75, 3.05) is 0 Å². The molecule has 0 N–H and O–H groups in total. The lowest BCUT2D eigenvalue weighted by Crippen LogP contribution is -2.27. The quantitative estimate of drug-likeness (QED) is 0.647. The molecule has 0 amide bonds. The van der Waals surface area contributed by atoms with Gasteiger partial charge in [0.1, 0.15) is 0 Å². The predicted octanol–water partition coefficient (Wildman–Crippen LogP) is 5.53. The zero-order valence-corrected chi connectivity index (χ0v) is 14.6. The fourth-order valence-electron chi connectivity index (χ4n) is 3.03. The van der Waals surface area contributed by atoms with Crippen LogP contribution in [0.5, 0.6) is 0 Å². The molecule has 0 saturated heterocycles. The molecule has 0 fully saturated rings. The van der Waals surface area contributed by atoms with Crippen molar-refractivity contribution in [1.29, 1.82) is 0 Å². The Morgan fingerprint density at radius 1 is 1.00 bits per heavy atom. The molecular formula is C20H19BrO. The molecule has 0 aliphatic heterocycles. The summed E-state index contributed by atoms with van der Waals surface area (Å²) in [6.45, 7) is 6.39. The van der Waals surface area contributed by atoms with Crippen molar-refractivity contribution >= 4 is 21.7 Å². The van der Waals surface area contributed by atoms with E-state index in [9.17, 15) is 4.79 Å². The minimum absolute atomic E-state index is 0.0757. The molecule has 0 aromatic heterocycles. The Balaban J connectivity index is 2.06. The van der Waals surface area contributed by atoms with E-state index in [1.54, 1.807) is 0 Å². The number of fused-ring (bicyclic) bond motifs is 1. The van der Waals surface area contributed by atoms with Gasteiger partial charge in [0.2, 0.25) is 0 Å². The molecule has 2 aromatic rings. The van der Waals surface area contributed by atoms with Crippen LogP contribution in [0.3, 0.4) is 0 Å². The first kappa shape index (κ1) is 15.2. The molecule has 0 unspecified atom stereocenters. The third-order valence-corrected chi connectivity index (χ3v) is 5.31. The number of halogens is 1. The standard InChI is InChI=1S/C20H19BrO/c1-13-8-10-14(11-9-13)18(21)16-12-20(2,3)17-7-5-4-6-15(17)19(16)22/h4-12,18H,1-3H3/t18-/m0/s1. The number of benzene rings is 2. The lowest BCUT2D eigenvalue weighted by atomic mass is 9.73. The Labute approximate surface area is 140 Å². The summed E-state index contributed by atoms with van der Waals surface area (Å²) in [5, 5.41) is 0. The van der Waals surface area contributed by atoms with E-state index in [1.165, 1.54) is 5.56 Å². The van der Waals surface area contributed by atoms with Gasteiger partial charge in [-0.25, -0.2) is 0 Å². The average molecular weight is 355 g/mol. The van der Waals surface area contributed by atoms with E-state index in [4.69, 9.17) is 0 Å². The summed E-state index contributed by atoms with van der Waals surface area (Å²) < 4.78 is 0. The van der Waals surface area contributed by atoms with Gasteiger partial charge in [-0.15, -0.1) is 0 Å². The lowest BCUT2D eigenvalue weighted by molar-refractivity contribution is 0.102. The van der Waals surface area contributed by atoms with Crippen molar-refractivity contribution < 1.29 is 4.79 Å². The van der Waals surface area contributed by atoms with Crippen LogP contribution < -0.4 is 0 Å². The van der Waals surface area contributed by atoms with Crippen LogP contribution >= 0.6 is 15.9 Å². The zero-order valence-electron chi connectivity index (χ0n) is 13.1. The summed E-state index contributed by atoms with van der Waals surface area (Å²) in [5.41, 5.74) is 4.94. The summed E-state index contributed by atoms with van der Waals surface area (Å²) in [6, 6.07) is 16.2. The first-order valence-corrected chi connectivity index (χ1v) is 8.39. The van der Waals surface area contributed by atoms with Crippen molar-refractivity contribution in [3.8, 4) is 0 Å². The SMILES string of the molecule is Cc1ccc([C@H](Br)C2=CC(C)(C)c3ccccc3C2=O)cc1. The van der Waals surface area contributed by atoms with E-state index < -0.39 is 0 Å². The van der Waals surface area contributed by atoms with Gasteiger partial charge in [0.15, 0.2) is 5.78 Å². The van der Waals surface area contributed by atoms with Gasteiger partial charge in [-0.2, -0.15) is 0 Å². The summed E-state index contributed by atoms with van der Waals surface area (Å²) in [5.74, 6) is 0.123. The second kappa shape index (κ2) is 5.51. The van der Waals surface area contributed by atoms with Crippen LogP contribution in [0.4, 0.5) is 0 Å². The van der Waals surface area contributed by atoms with Crippen LogP contribution in [-0.2, 0) is 5.41 Å². The van der Waals surface area contributed by atoms with E-state index in [2.05, 4.69) is 73.1 Å². The number of carbonyl (C=O) groups is 1. The third-order valence-electron chi connectivity index (χ3n) is 4.29. The van der Waals surface area contributed by atoms with Crippen LogP contribution in [0.2, 0.25) is 0 Å². The Bertz CT molecular complexity index is 754. The van der Waals surface area contributed by atoms with Crippen molar-refractivity contribution in [2.45, 2.75) is 31.0 Å². The molecule has 3 rings (SSSR count). The molecule has 0 saturated carbocycles. The van der Waals surface area contributed by atoms with Crippen LogP contribution in [-0.4, -0.2) is 5.78 Å². The number of hydrogen-bond donors (Lipinski definition) is 0. The number of ketones is 1. The zero-order chi connectivity index (χ0) is 15.9. The van der Waals surface area contributed by atoms with Gasteiger partial charge in [0.05, 0.1) is 4.83 Å². The number of carbonyl (C=O) groups excluding carboxylic acids is 1. The molecule has 0 spiro atoms. The molecule has 0 heterocycles. The second-order valence-corrected chi connectivity index (χ2v) is 7.38. The van der Waals surface area contributed by atoms with Crippen LogP contribution in [0.1, 0.15) is 45.7 Å². The normalized spacial score (nSPS) is 17.6. The molecule has 2 aromatic carbocycles. The Morgan fingerprint density at radius 3 is 2.32 bits per heavy atom. The van der Waals surface area contributed by atoms with Crippen LogP contribution in [0, 0.1) is 6.92 Å². The Kier molecular flexibility index (Phi) is 3.82. The van der Waals surface area contributed by atoms with Gasteiger partial charge in [0, 0.05) is 16.6 Å². The molecule has 0 radical (unpaired) electrons. The topological polar surface area (TPSA) is 17.1 Å². The molecule has 0 bridgehead atoms. The monoisotopic (exact) mass is 354 g/mol. The first-order valence-electron chi connectivity index (χ1n) is 7.48. The highest BCUT2D eigenvalue weighted by Crippen LogP contribution is 2.42. The number of alkyl halides is 1. The highest BCUT2D eigenvalue weighted by atomic mass is 79.9. The molecule has 1 aliphatic carbocycles. The molecule has 22 heavy (non-hydrogen) atoms. The predicted molar refractivity (Wildman–Crippen MR) is 94.7 cm³/mol. The molecular weight excluding hydrogens is 336 g/mol. The second-order valence-electron chi connectivity index (χ2n) is 6.47. The smallest absolute Gasteiger partial charge is 0.190 e. The largest absolute Gasteiger partial charge is 0.289 e. The van der Waals surface area contributed by atoms with E-state index in [1.807, 2.05) is 18.2 Å². The van der Waals surface area contributed by atoms with Gasteiger partial charge in [-0.1, -0.05) is 89.9 Å². The van der Waals surface area contributed by atoms with Crippen LogP contribution in [0.25, 0.3) is 0 Å². The maximum Gasteiger partial charge on any atom is 0.190 e. The van der Waals surface area contributed by atoms with Gasteiger partial charge in [-0.3, -0.25) is 4.79 Å². The number of aryl methyl sites for hydroxylation is 1. The summed E-state index contributed by atoms with van der Waals surface area (Å²) in [6.07, 6.45) is 2.11. The molecule has 1 aliphatic rings. The molecule has 112 valence electrons. The highest BCUT2D eigenvalue weighted by molar-refractivity contribution is 9.09. The van der Waals surface area contributed by atoms with Crippen molar-refractivity contribution in [1.82, 2.24) is 0 Å². The average Bonchev–Trinajstić information content (AvgIpc) is 2.51. The summed E-state index contributed by atoms with van der Waals surface area (Å²) in [4.78, 5) is 12.8. The van der Waals surface area contributed by atoms with Crippen LogP contribution in [0.15, 0.2) is 60.2 Å². The Hall–Kier alpha value is -1.67. The number of rotatable bonds is 2. The van der Waals surface area contributed by atoms with Crippen molar-refractivity contribution in [3.05, 3.63) is 82.4 Å². The number of Topliss-reactive ketones (excluding diaryl/α,β-unsaturated/α-hetero) is 1. The third kappa shape index (κ3) is 2.56. The Morgan fingerprint density at radius 2 is 1.64 bits per heavy atom. The van der Waals surface area contributed by atoms with Crippen molar-refractivity contribution in [3.63, 3.8) is 0 Å². The van der Waals surface area contributed by atoms with Gasteiger partial charge in [0.25, 0.3) is 0 Å². The number of allylic oxidation sites excluding steroid dienone is 2. The summed E-state index contributed by atoms with van der Waals surface area (Å²) >= 11 is 3.73. The highest BCUT2D eigenvalue weighted by Gasteiger charge is 2.34. The molecule has 1 nitrogen and oxygen atoms in total. The minimum atomic E-state index is -0.142. The fourth-order valence-corrected chi connectivity index (χ4v) is 3.68. The van der Waals surface area contributed by atoms with E-state index in [-0.39, 0.29) is 16.0 Å². The van der Waals surface area contributed by atoms with Gasteiger partial charge in [-0.05, 0) is 18.1 Å². The van der Waals surface area contributed by atoms with Gasteiger partial charge >= 0.3 is 0 Å². The minimum Gasteiger partial charge on any atom is -0.289 e. The lowest BCUT2D eigenvalue weighted by Gasteiger charge is -2.31. The number of hydrogen-bond acceptors (Lipinski definition) is 1. The maximum absolute atomic E-state index is 12.9. The van der Waals surface area contributed by atoms with E-state index >= 15 is 0 Å². The van der Waals surface area contributed by atoms with E-state index in [0.717, 1.165) is 22.3 Å². The van der Waals surface area contributed by atoms with E-state index in [0.29, 0.717) is 0 Å².